The summed E-state index contributed by atoms with van der Waals surface area (Å²) >= 11 is 0. The summed E-state index contributed by atoms with van der Waals surface area (Å²) in [5, 5.41) is 8.94. The summed E-state index contributed by atoms with van der Waals surface area (Å²) < 4.78 is 5.16. The maximum absolute atomic E-state index is 10.9. The highest BCUT2D eigenvalue weighted by Crippen LogP contribution is 2.09. The molecular weight excluding hydrogens is 204 g/mol. The minimum Gasteiger partial charge on any atom is -0.479 e. The van der Waals surface area contributed by atoms with Crippen LogP contribution in [0.5, 0.6) is 0 Å². The van der Waals surface area contributed by atoms with Crippen molar-refractivity contribution in [1.82, 2.24) is 0 Å². The third-order valence-electron chi connectivity index (χ3n) is 2.50. The van der Waals surface area contributed by atoms with E-state index in [1.807, 2.05) is 24.3 Å². The first-order valence-electron chi connectivity index (χ1n) is 5.59. The van der Waals surface area contributed by atoms with E-state index >= 15 is 0 Å². The van der Waals surface area contributed by atoms with E-state index in [0.717, 1.165) is 12.0 Å². The molecule has 0 amide bonds. The van der Waals surface area contributed by atoms with Gasteiger partial charge in [0.2, 0.25) is 0 Å². The average molecular weight is 222 g/mol. The number of ether oxygens (including phenoxy) is 1. The van der Waals surface area contributed by atoms with Crippen molar-refractivity contribution in [3.8, 4) is 0 Å². The molecule has 0 aliphatic rings. The molecule has 0 saturated carbocycles. The highest BCUT2D eigenvalue weighted by atomic mass is 16.5. The Morgan fingerprint density at radius 2 is 1.81 bits per heavy atom. The van der Waals surface area contributed by atoms with Gasteiger partial charge in [-0.1, -0.05) is 31.2 Å². The number of aliphatic carboxylic acids is 1. The molecule has 0 heterocycles. The van der Waals surface area contributed by atoms with Crippen molar-refractivity contribution in [3.05, 3.63) is 35.4 Å². The van der Waals surface area contributed by atoms with Gasteiger partial charge < -0.3 is 9.84 Å². The van der Waals surface area contributed by atoms with Gasteiger partial charge in [-0.15, -0.1) is 0 Å². The van der Waals surface area contributed by atoms with Crippen LogP contribution in [-0.2, 0) is 22.4 Å². The quantitative estimate of drug-likeness (QED) is 0.803. The zero-order chi connectivity index (χ0) is 12.0. The van der Waals surface area contributed by atoms with E-state index in [1.54, 1.807) is 6.92 Å². The van der Waals surface area contributed by atoms with Crippen molar-refractivity contribution in [2.75, 3.05) is 6.61 Å². The van der Waals surface area contributed by atoms with Crippen molar-refractivity contribution in [3.63, 3.8) is 0 Å². The molecule has 0 bridgehead atoms. The van der Waals surface area contributed by atoms with Gasteiger partial charge in [0.05, 0.1) is 0 Å². The molecule has 1 rings (SSSR count). The Kier molecular flexibility index (Phi) is 4.99. The molecule has 0 spiro atoms. The summed E-state index contributed by atoms with van der Waals surface area (Å²) in [5.41, 5.74) is 2.25. The Morgan fingerprint density at radius 3 is 2.25 bits per heavy atom. The zero-order valence-corrected chi connectivity index (χ0v) is 9.77. The number of aryl methyl sites for hydroxylation is 1. The molecular formula is C13H18O3. The van der Waals surface area contributed by atoms with Gasteiger partial charge in [-0.2, -0.15) is 0 Å². The second kappa shape index (κ2) is 6.28. The van der Waals surface area contributed by atoms with Crippen LogP contribution in [0.1, 0.15) is 25.0 Å². The Bertz CT molecular complexity index is 330. The Hall–Kier alpha value is -1.35. The summed E-state index contributed by atoms with van der Waals surface area (Å²) in [4.78, 5) is 10.9. The molecule has 0 saturated heterocycles. The minimum absolute atomic E-state index is 0.421. The standard InChI is InChI=1S/C13H18O3/c1-3-10-5-7-11(8-6-10)9-12(13(14)15)16-4-2/h5-8,12H,3-4,9H2,1-2H3,(H,14,15)/t12-/m0/s1. The molecule has 1 atom stereocenters. The van der Waals surface area contributed by atoms with Crippen molar-refractivity contribution < 1.29 is 14.6 Å². The molecule has 0 aromatic heterocycles. The SMILES string of the molecule is CCO[C@@H](Cc1ccc(CC)cc1)C(=O)O. The maximum atomic E-state index is 10.9. The van der Waals surface area contributed by atoms with Crippen LogP contribution in [0.3, 0.4) is 0 Å². The van der Waals surface area contributed by atoms with E-state index in [2.05, 4.69) is 6.92 Å². The lowest BCUT2D eigenvalue weighted by atomic mass is 10.0. The van der Waals surface area contributed by atoms with E-state index in [4.69, 9.17) is 9.84 Å². The third-order valence-corrected chi connectivity index (χ3v) is 2.50. The highest BCUT2D eigenvalue weighted by molar-refractivity contribution is 5.72. The predicted molar refractivity (Wildman–Crippen MR) is 62.6 cm³/mol. The first kappa shape index (κ1) is 12.7. The molecule has 0 unspecified atom stereocenters. The Morgan fingerprint density at radius 1 is 1.25 bits per heavy atom. The molecule has 3 heteroatoms. The lowest BCUT2D eigenvalue weighted by Gasteiger charge is -2.12. The van der Waals surface area contributed by atoms with Crippen LogP contribution >= 0.6 is 0 Å². The summed E-state index contributed by atoms with van der Waals surface area (Å²) in [6.07, 6.45) is 0.679. The first-order valence-corrected chi connectivity index (χ1v) is 5.59. The number of carboxylic acids is 1. The Labute approximate surface area is 96.1 Å². The molecule has 3 nitrogen and oxygen atoms in total. The second-order valence-electron chi connectivity index (χ2n) is 3.66. The van der Waals surface area contributed by atoms with Crippen molar-refractivity contribution in [2.24, 2.45) is 0 Å². The largest absolute Gasteiger partial charge is 0.479 e. The van der Waals surface area contributed by atoms with Gasteiger partial charge in [0.25, 0.3) is 0 Å². The van der Waals surface area contributed by atoms with E-state index in [1.165, 1.54) is 5.56 Å². The number of hydrogen-bond donors (Lipinski definition) is 1. The number of rotatable bonds is 6. The summed E-state index contributed by atoms with van der Waals surface area (Å²) in [6.45, 7) is 4.31. The maximum Gasteiger partial charge on any atom is 0.333 e. The molecule has 16 heavy (non-hydrogen) atoms. The van der Waals surface area contributed by atoms with E-state index < -0.39 is 12.1 Å². The summed E-state index contributed by atoms with van der Waals surface area (Å²) in [7, 11) is 0. The van der Waals surface area contributed by atoms with Gasteiger partial charge in [-0.3, -0.25) is 0 Å². The van der Waals surface area contributed by atoms with E-state index in [9.17, 15) is 4.79 Å². The van der Waals surface area contributed by atoms with Gasteiger partial charge >= 0.3 is 5.97 Å². The van der Waals surface area contributed by atoms with Gasteiger partial charge in [-0.05, 0) is 24.5 Å². The summed E-state index contributed by atoms with van der Waals surface area (Å²) in [5.74, 6) is -0.901. The molecule has 1 aromatic carbocycles. The number of benzene rings is 1. The van der Waals surface area contributed by atoms with Crippen LogP contribution in [0.2, 0.25) is 0 Å². The van der Waals surface area contributed by atoms with Crippen LogP contribution < -0.4 is 0 Å². The fourth-order valence-electron chi connectivity index (χ4n) is 1.54. The average Bonchev–Trinajstić information content (AvgIpc) is 2.29. The van der Waals surface area contributed by atoms with Crippen LogP contribution in [0.15, 0.2) is 24.3 Å². The fraction of sp³-hybridized carbons (Fsp3) is 0.462. The minimum atomic E-state index is -0.901. The topological polar surface area (TPSA) is 46.5 Å². The third kappa shape index (κ3) is 3.66. The predicted octanol–water partition coefficient (Wildman–Crippen LogP) is 2.28. The number of hydrogen-bond acceptors (Lipinski definition) is 2. The van der Waals surface area contributed by atoms with E-state index in [0.29, 0.717) is 13.0 Å². The van der Waals surface area contributed by atoms with Gasteiger partial charge in [0.15, 0.2) is 6.10 Å². The number of carbonyl (C=O) groups is 1. The molecule has 88 valence electrons. The molecule has 0 aliphatic heterocycles. The normalized spacial score (nSPS) is 12.4. The lowest BCUT2D eigenvalue weighted by Crippen LogP contribution is -2.26. The summed E-state index contributed by atoms with van der Waals surface area (Å²) in [6, 6.07) is 7.99. The van der Waals surface area contributed by atoms with Crippen molar-refractivity contribution in [1.29, 1.82) is 0 Å². The molecule has 0 radical (unpaired) electrons. The van der Waals surface area contributed by atoms with Crippen LogP contribution in [0.25, 0.3) is 0 Å². The lowest BCUT2D eigenvalue weighted by molar-refractivity contribution is -0.149. The molecule has 0 fully saturated rings. The fourth-order valence-corrected chi connectivity index (χ4v) is 1.54. The van der Waals surface area contributed by atoms with Gasteiger partial charge in [-0.25, -0.2) is 4.79 Å². The molecule has 1 N–H and O–H groups in total. The zero-order valence-electron chi connectivity index (χ0n) is 9.77. The van der Waals surface area contributed by atoms with Crippen LogP contribution in [-0.4, -0.2) is 23.8 Å². The van der Waals surface area contributed by atoms with Crippen molar-refractivity contribution >= 4 is 5.97 Å². The molecule has 1 aromatic rings. The van der Waals surface area contributed by atoms with E-state index in [-0.39, 0.29) is 0 Å². The highest BCUT2D eigenvalue weighted by Gasteiger charge is 2.17. The van der Waals surface area contributed by atoms with Crippen LogP contribution in [0, 0.1) is 0 Å². The molecule has 0 aliphatic carbocycles. The number of carboxylic acid groups (broad SMARTS) is 1. The van der Waals surface area contributed by atoms with Crippen molar-refractivity contribution in [2.45, 2.75) is 32.8 Å². The van der Waals surface area contributed by atoms with Gasteiger partial charge in [0.1, 0.15) is 0 Å². The van der Waals surface area contributed by atoms with Crippen LogP contribution in [0.4, 0.5) is 0 Å². The second-order valence-corrected chi connectivity index (χ2v) is 3.66. The van der Waals surface area contributed by atoms with Gasteiger partial charge in [0, 0.05) is 13.0 Å². The smallest absolute Gasteiger partial charge is 0.333 e. The first-order chi connectivity index (χ1) is 7.67. The monoisotopic (exact) mass is 222 g/mol. The Balaban J connectivity index is 2.65.